The van der Waals surface area contributed by atoms with Crippen molar-refractivity contribution < 1.29 is 9.53 Å². The van der Waals surface area contributed by atoms with Crippen LogP contribution in [0.2, 0.25) is 0 Å². The third-order valence-corrected chi connectivity index (χ3v) is 5.74. The van der Waals surface area contributed by atoms with Crippen molar-refractivity contribution >= 4 is 27.5 Å². The minimum absolute atomic E-state index is 0.0348. The van der Waals surface area contributed by atoms with Gasteiger partial charge in [0.25, 0.3) is 5.91 Å². The number of carbonyl (C=O) groups excluding carboxylic acids is 1. The van der Waals surface area contributed by atoms with E-state index >= 15 is 0 Å². The Morgan fingerprint density at radius 1 is 1.40 bits per heavy atom. The highest BCUT2D eigenvalue weighted by Gasteiger charge is 2.20. The maximum Gasteiger partial charge on any atom is 0.261 e. The summed E-state index contributed by atoms with van der Waals surface area (Å²) in [5.41, 5.74) is 3.14. The third kappa shape index (κ3) is 3.07. The van der Waals surface area contributed by atoms with Crippen molar-refractivity contribution in [3.63, 3.8) is 0 Å². The van der Waals surface area contributed by atoms with E-state index in [-0.39, 0.29) is 12.0 Å². The van der Waals surface area contributed by atoms with Gasteiger partial charge in [-0.05, 0) is 44.4 Å². The van der Waals surface area contributed by atoms with Crippen molar-refractivity contribution in [3.8, 4) is 5.69 Å². The molecule has 2 aromatic heterocycles. The first-order valence-corrected chi connectivity index (χ1v) is 9.40. The van der Waals surface area contributed by atoms with Gasteiger partial charge in [0.1, 0.15) is 4.83 Å². The molecule has 5 nitrogen and oxygen atoms in total. The summed E-state index contributed by atoms with van der Waals surface area (Å²) in [6.45, 7) is 5.43. The normalized spacial score (nSPS) is 17.3. The molecular weight excluding hydrogens is 334 g/mol. The number of amides is 1. The number of nitrogens with one attached hydrogen (secondary N) is 1. The summed E-state index contributed by atoms with van der Waals surface area (Å²) in [5, 5.41) is 8.70. The van der Waals surface area contributed by atoms with Gasteiger partial charge in [-0.3, -0.25) is 4.79 Å². The Morgan fingerprint density at radius 3 is 3.00 bits per heavy atom. The average molecular weight is 355 g/mol. The Kier molecular flexibility index (Phi) is 4.31. The molecule has 1 aliphatic heterocycles. The topological polar surface area (TPSA) is 56.2 Å². The Labute approximate surface area is 150 Å². The summed E-state index contributed by atoms with van der Waals surface area (Å²) in [5.74, 6) is -0.0348. The number of thiophene rings is 1. The van der Waals surface area contributed by atoms with Crippen LogP contribution in [-0.4, -0.2) is 34.9 Å². The molecule has 1 atom stereocenters. The number of aromatic nitrogens is 2. The van der Waals surface area contributed by atoms with E-state index in [1.165, 1.54) is 11.3 Å². The predicted molar refractivity (Wildman–Crippen MR) is 99.7 cm³/mol. The van der Waals surface area contributed by atoms with Crippen molar-refractivity contribution in [3.05, 3.63) is 46.5 Å². The van der Waals surface area contributed by atoms with Crippen LogP contribution in [0.3, 0.4) is 0 Å². The van der Waals surface area contributed by atoms with Crippen LogP contribution in [0.15, 0.2) is 30.3 Å². The second kappa shape index (κ2) is 6.61. The quantitative estimate of drug-likeness (QED) is 0.778. The van der Waals surface area contributed by atoms with Crippen LogP contribution in [0.5, 0.6) is 0 Å². The molecule has 3 heterocycles. The molecular formula is C19H21N3O2S. The molecule has 0 aliphatic carbocycles. The highest BCUT2D eigenvalue weighted by atomic mass is 32.1. The number of fused-ring (bicyclic) bond motifs is 1. The highest BCUT2D eigenvalue weighted by molar-refractivity contribution is 7.20. The van der Waals surface area contributed by atoms with Crippen molar-refractivity contribution in [1.29, 1.82) is 0 Å². The summed E-state index contributed by atoms with van der Waals surface area (Å²) in [6.07, 6.45) is 2.26. The summed E-state index contributed by atoms with van der Waals surface area (Å²) >= 11 is 1.49. The van der Waals surface area contributed by atoms with Gasteiger partial charge in [-0.1, -0.05) is 18.2 Å². The summed E-state index contributed by atoms with van der Waals surface area (Å²) in [7, 11) is 0. The molecule has 1 unspecified atom stereocenters. The lowest BCUT2D eigenvalue weighted by atomic mass is 10.2. The molecule has 0 saturated carbocycles. The van der Waals surface area contributed by atoms with E-state index in [1.54, 1.807) is 0 Å². The fraction of sp³-hybridized carbons (Fsp3) is 0.368. The zero-order valence-electron chi connectivity index (χ0n) is 14.4. The number of benzene rings is 1. The minimum Gasteiger partial charge on any atom is -0.376 e. The molecule has 4 rings (SSSR count). The Bertz CT molecular complexity index is 922. The van der Waals surface area contributed by atoms with Gasteiger partial charge >= 0.3 is 0 Å². The van der Waals surface area contributed by atoms with Crippen molar-refractivity contribution in [2.24, 2.45) is 0 Å². The lowest BCUT2D eigenvalue weighted by Gasteiger charge is -2.09. The molecule has 1 fully saturated rings. The summed E-state index contributed by atoms with van der Waals surface area (Å²) < 4.78 is 7.51. The van der Waals surface area contributed by atoms with Crippen molar-refractivity contribution in [1.82, 2.24) is 15.1 Å². The van der Waals surface area contributed by atoms with Crippen LogP contribution >= 0.6 is 11.3 Å². The fourth-order valence-electron chi connectivity index (χ4n) is 3.22. The first kappa shape index (κ1) is 16.3. The van der Waals surface area contributed by atoms with Crippen molar-refractivity contribution in [2.75, 3.05) is 13.2 Å². The zero-order valence-corrected chi connectivity index (χ0v) is 15.2. The largest absolute Gasteiger partial charge is 0.376 e. The lowest BCUT2D eigenvalue weighted by Crippen LogP contribution is -2.31. The maximum atomic E-state index is 12.5. The van der Waals surface area contributed by atoms with E-state index < -0.39 is 0 Å². The molecule has 25 heavy (non-hydrogen) atoms. The van der Waals surface area contributed by atoms with Gasteiger partial charge in [-0.25, -0.2) is 4.68 Å². The van der Waals surface area contributed by atoms with Gasteiger partial charge in [-0.15, -0.1) is 11.3 Å². The molecule has 1 N–H and O–H groups in total. The standard InChI is InChI=1S/C19H21N3O2S/c1-12-6-3-4-8-16(12)22-19-15(13(2)21-22)10-17(25-19)18(23)20-11-14-7-5-9-24-14/h3-4,6,8,10,14H,5,7,9,11H2,1-2H3,(H,20,23). The smallest absolute Gasteiger partial charge is 0.261 e. The van der Waals surface area contributed by atoms with Crippen LogP contribution in [0, 0.1) is 13.8 Å². The van der Waals surface area contributed by atoms with Crippen LogP contribution in [0.25, 0.3) is 15.9 Å². The summed E-state index contributed by atoms with van der Waals surface area (Å²) in [6, 6.07) is 10.1. The van der Waals surface area contributed by atoms with Crippen LogP contribution in [0.4, 0.5) is 0 Å². The number of carbonyl (C=O) groups is 1. The molecule has 3 aromatic rings. The first-order valence-electron chi connectivity index (χ1n) is 8.58. The van der Waals surface area contributed by atoms with Crippen LogP contribution in [0.1, 0.15) is 33.8 Å². The molecule has 1 aromatic carbocycles. The fourth-order valence-corrected chi connectivity index (χ4v) is 4.31. The van der Waals surface area contributed by atoms with Crippen molar-refractivity contribution in [2.45, 2.75) is 32.8 Å². The number of nitrogens with zero attached hydrogens (tertiary/aromatic N) is 2. The number of para-hydroxylation sites is 1. The van der Waals surface area contributed by atoms with E-state index in [2.05, 4.69) is 29.5 Å². The molecule has 0 radical (unpaired) electrons. The Hall–Kier alpha value is -2.18. The Balaban J connectivity index is 1.63. The van der Waals surface area contributed by atoms with Gasteiger partial charge in [0, 0.05) is 18.5 Å². The van der Waals surface area contributed by atoms with Gasteiger partial charge in [0.2, 0.25) is 0 Å². The number of rotatable bonds is 4. The number of hydrogen-bond donors (Lipinski definition) is 1. The van der Waals surface area contributed by atoms with E-state index in [1.807, 2.05) is 29.8 Å². The lowest BCUT2D eigenvalue weighted by molar-refractivity contribution is 0.0861. The molecule has 0 spiro atoms. The molecule has 6 heteroatoms. The maximum absolute atomic E-state index is 12.5. The molecule has 1 amide bonds. The Morgan fingerprint density at radius 2 is 2.24 bits per heavy atom. The van der Waals surface area contributed by atoms with E-state index in [0.29, 0.717) is 6.54 Å². The van der Waals surface area contributed by atoms with Gasteiger partial charge < -0.3 is 10.1 Å². The summed E-state index contributed by atoms with van der Waals surface area (Å²) in [4.78, 5) is 14.2. The third-order valence-electron chi connectivity index (χ3n) is 4.63. The highest BCUT2D eigenvalue weighted by Crippen LogP contribution is 2.31. The number of hydrogen-bond acceptors (Lipinski definition) is 4. The molecule has 1 aliphatic rings. The second-order valence-corrected chi connectivity index (χ2v) is 7.49. The van der Waals surface area contributed by atoms with Gasteiger partial charge in [0.15, 0.2) is 0 Å². The number of ether oxygens (including phenoxy) is 1. The zero-order chi connectivity index (χ0) is 17.4. The predicted octanol–water partition coefficient (Wildman–Crippen LogP) is 3.61. The van der Waals surface area contributed by atoms with Gasteiger partial charge in [0.05, 0.1) is 22.4 Å². The first-order chi connectivity index (χ1) is 12.1. The number of aryl methyl sites for hydroxylation is 2. The van der Waals surface area contributed by atoms with E-state index in [0.717, 1.165) is 51.5 Å². The molecule has 1 saturated heterocycles. The SMILES string of the molecule is Cc1ccccc1-n1nc(C)c2cc(C(=O)NCC3CCCO3)sc21. The van der Waals surface area contributed by atoms with Gasteiger partial charge in [-0.2, -0.15) is 5.10 Å². The average Bonchev–Trinajstić information content (AvgIpc) is 3.32. The molecule has 0 bridgehead atoms. The van der Waals surface area contributed by atoms with E-state index in [9.17, 15) is 4.79 Å². The minimum atomic E-state index is -0.0348. The second-order valence-electron chi connectivity index (χ2n) is 6.46. The van der Waals surface area contributed by atoms with E-state index in [4.69, 9.17) is 4.74 Å². The van der Waals surface area contributed by atoms with Crippen LogP contribution < -0.4 is 5.32 Å². The van der Waals surface area contributed by atoms with Crippen LogP contribution in [-0.2, 0) is 4.74 Å². The molecule has 130 valence electrons. The monoisotopic (exact) mass is 355 g/mol.